The second-order valence-corrected chi connectivity index (χ2v) is 4.59. The van der Waals surface area contributed by atoms with Gasteiger partial charge in [-0.3, -0.25) is 4.79 Å². The van der Waals surface area contributed by atoms with E-state index in [0.29, 0.717) is 24.2 Å². The van der Waals surface area contributed by atoms with Gasteiger partial charge in [-0.1, -0.05) is 6.07 Å². The van der Waals surface area contributed by atoms with Crippen LogP contribution in [0, 0.1) is 0 Å². The van der Waals surface area contributed by atoms with E-state index in [9.17, 15) is 14.7 Å². The minimum Gasteiger partial charge on any atom is -0.478 e. The number of nitrogens with one attached hydrogen (secondary N) is 1. The Kier molecular flexibility index (Phi) is 4.54. The Balaban J connectivity index is 2.33. The van der Waals surface area contributed by atoms with Gasteiger partial charge in [0.2, 0.25) is 5.91 Å². The standard InChI is InChI=1S/C14H17N3O4/c1-9(13(18)15-6-7-21-2)17-8-16-11-5-3-4-10(12(11)17)14(19)20/h3-5,8-9H,6-7H2,1-2H3,(H,15,18)(H,19,20). The molecule has 1 aromatic carbocycles. The molecule has 1 aromatic heterocycles. The second kappa shape index (κ2) is 6.36. The molecule has 0 saturated carbocycles. The molecule has 2 aromatic rings. The zero-order valence-corrected chi connectivity index (χ0v) is 11.9. The minimum atomic E-state index is -1.05. The Labute approximate surface area is 121 Å². The second-order valence-electron chi connectivity index (χ2n) is 4.59. The summed E-state index contributed by atoms with van der Waals surface area (Å²) in [6.45, 7) is 2.52. The van der Waals surface area contributed by atoms with E-state index in [2.05, 4.69) is 10.3 Å². The maximum absolute atomic E-state index is 12.1. The summed E-state index contributed by atoms with van der Waals surface area (Å²) >= 11 is 0. The Bertz CT molecular complexity index is 665. The third-order valence-corrected chi connectivity index (χ3v) is 3.23. The fourth-order valence-corrected chi connectivity index (χ4v) is 2.11. The lowest BCUT2D eigenvalue weighted by atomic mass is 10.1. The van der Waals surface area contributed by atoms with Crippen molar-refractivity contribution in [1.82, 2.24) is 14.9 Å². The molecule has 1 heterocycles. The number of fused-ring (bicyclic) bond motifs is 1. The Morgan fingerprint density at radius 1 is 1.48 bits per heavy atom. The van der Waals surface area contributed by atoms with Crippen molar-refractivity contribution >= 4 is 22.9 Å². The number of para-hydroxylation sites is 1. The van der Waals surface area contributed by atoms with E-state index in [0.717, 1.165) is 0 Å². The van der Waals surface area contributed by atoms with Gasteiger partial charge in [-0.05, 0) is 19.1 Å². The largest absolute Gasteiger partial charge is 0.478 e. The third kappa shape index (κ3) is 3.03. The quantitative estimate of drug-likeness (QED) is 0.776. The molecule has 0 aliphatic heterocycles. The molecule has 1 atom stereocenters. The SMILES string of the molecule is COCCNC(=O)C(C)n1cnc2cccc(C(=O)O)c21. The van der Waals surface area contributed by atoms with Crippen LogP contribution in [0.4, 0.5) is 0 Å². The topological polar surface area (TPSA) is 93.5 Å². The highest BCUT2D eigenvalue weighted by Gasteiger charge is 2.20. The van der Waals surface area contributed by atoms with Crippen LogP contribution < -0.4 is 5.32 Å². The number of hydrogen-bond acceptors (Lipinski definition) is 4. The average molecular weight is 291 g/mol. The average Bonchev–Trinajstić information content (AvgIpc) is 2.90. The molecule has 1 amide bonds. The lowest BCUT2D eigenvalue weighted by Gasteiger charge is -2.15. The predicted molar refractivity (Wildman–Crippen MR) is 76.3 cm³/mol. The van der Waals surface area contributed by atoms with Crippen molar-refractivity contribution in [1.29, 1.82) is 0 Å². The zero-order valence-electron chi connectivity index (χ0n) is 11.9. The van der Waals surface area contributed by atoms with Crippen LogP contribution in [0.1, 0.15) is 23.3 Å². The van der Waals surface area contributed by atoms with Gasteiger partial charge in [-0.2, -0.15) is 0 Å². The highest BCUT2D eigenvalue weighted by Crippen LogP contribution is 2.21. The Morgan fingerprint density at radius 2 is 2.24 bits per heavy atom. The number of carbonyl (C=O) groups excluding carboxylic acids is 1. The number of benzene rings is 1. The molecular formula is C14H17N3O4. The molecule has 0 fully saturated rings. The summed E-state index contributed by atoms with van der Waals surface area (Å²) < 4.78 is 6.44. The predicted octanol–water partition coefficient (Wildman–Crippen LogP) is 1.06. The van der Waals surface area contributed by atoms with Crippen molar-refractivity contribution in [3.05, 3.63) is 30.1 Å². The van der Waals surface area contributed by atoms with E-state index >= 15 is 0 Å². The van der Waals surface area contributed by atoms with Crippen molar-refractivity contribution < 1.29 is 19.4 Å². The molecule has 0 aliphatic carbocycles. The van der Waals surface area contributed by atoms with Gasteiger partial charge in [0, 0.05) is 13.7 Å². The normalized spacial score (nSPS) is 12.3. The number of carbonyl (C=O) groups is 2. The van der Waals surface area contributed by atoms with Crippen LogP contribution in [-0.2, 0) is 9.53 Å². The number of carboxylic acids is 1. The highest BCUT2D eigenvalue weighted by molar-refractivity contribution is 6.01. The monoisotopic (exact) mass is 291 g/mol. The van der Waals surface area contributed by atoms with Gasteiger partial charge < -0.3 is 19.7 Å². The van der Waals surface area contributed by atoms with Crippen LogP contribution >= 0.6 is 0 Å². The molecule has 21 heavy (non-hydrogen) atoms. The first-order valence-electron chi connectivity index (χ1n) is 6.51. The van der Waals surface area contributed by atoms with Crippen molar-refractivity contribution in [3.8, 4) is 0 Å². The smallest absolute Gasteiger partial charge is 0.337 e. The third-order valence-electron chi connectivity index (χ3n) is 3.23. The van der Waals surface area contributed by atoms with Gasteiger partial charge >= 0.3 is 5.97 Å². The molecule has 0 spiro atoms. The number of ether oxygens (including phenoxy) is 1. The summed E-state index contributed by atoms with van der Waals surface area (Å²) in [6, 6.07) is 4.28. The van der Waals surface area contributed by atoms with Crippen LogP contribution in [0.5, 0.6) is 0 Å². The molecular weight excluding hydrogens is 274 g/mol. The zero-order chi connectivity index (χ0) is 15.4. The number of aromatic carboxylic acids is 1. The van der Waals surface area contributed by atoms with E-state index in [4.69, 9.17) is 4.74 Å². The lowest BCUT2D eigenvalue weighted by Crippen LogP contribution is -2.33. The summed E-state index contributed by atoms with van der Waals surface area (Å²) in [5.74, 6) is -1.26. The summed E-state index contributed by atoms with van der Waals surface area (Å²) in [6.07, 6.45) is 1.48. The Morgan fingerprint density at radius 3 is 2.90 bits per heavy atom. The highest BCUT2D eigenvalue weighted by atomic mass is 16.5. The van der Waals surface area contributed by atoms with E-state index in [1.807, 2.05) is 0 Å². The fraction of sp³-hybridized carbons (Fsp3) is 0.357. The number of aromatic nitrogens is 2. The molecule has 2 N–H and O–H groups in total. The van der Waals surface area contributed by atoms with Crippen LogP contribution in [0.25, 0.3) is 11.0 Å². The molecule has 112 valence electrons. The van der Waals surface area contributed by atoms with Crippen LogP contribution in [0.2, 0.25) is 0 Å². The molecule has 0 radical (unpaired) electrons. The molecule has 0 bridgehead atoms. The van der Waals surface area contributed by atoms with Crippen molar-refractivity contribution in [2.45, 2.75) is 13.0 Å². The molecule has 1 unspecified atom stereocenters. The molecule has 0 saturated heterocycles. The van der Waals surface area contributed by atoms with Gasteiger partial charge in [0.05, 0.1) is 29.5 Å². The number of imidazole rings is 1. The molecule has 7 nitrogen and oxygen atoms in total. The number of amides is 1. The molecule has 2 rings (SSSR count). The van der Waals surface area contributed by atoms with Gasteiger partial charge in [-0.25, -0.2) is 9.78 Å². The van der Waals surface area contributed by atoms with Gasteiger partial charge in [0.25, 0.3) is 0 Å². The first-order chi connectivity index (χ1) is 10.1. The first-order valence-corrected chi connectivity index (χ1v) is 6.51. The number of methoxy groups -OCH3 is 1. The maximum Gasteiger partial charge on any atom is 0.337 e. The minimum absolute atomic E-state index is 0.126. The number of rotatable bonds is 6. The van der Waals surface area contributed by atoms with E-state index in [-0.39, 0.29) is 11.5 Å². The maximum atomic E-state index is 12.1. The van der Waals surface area contributed by atoms with Crippen LogP contribution in [0.15, 0.2) is 24.5 Å². The van der Waals surface area contributed by atoms with Gasteiger partial charge in [-0.15, -0.1) is 0 Å². The van der Waals surface area contributed by atoms with Crippen molar-refractivity contribution in [2.75, 3.05) is 20.3 Å². The van der Waals surface area contributed by atoms with Gasteiger partial charge in [0.15, 0.2) is 0 Å². The fourth-order valence-electron chi connectivity index (χ4n) is 2.11. The number of nitrogens with zero attached hydrogens (tertiary/aromatic N) is 2. The number of hydrogen-bond donors (Lipinski definition) is 2. The van der Waals surface area contributed by atoms with Crippen LogP contribution in [-0.4, -0.2) is 46.8 Å². The van der Waals surface area contributed by atoms with Crippen LogP contribution in [0.3, 0.4) is 0 Å². The molecule has 0 aliphatic rings. The van der Waals surface area contributed by atoms with Crippen molar-refractivity contribution in [3.63, 3.8) is 0 Å². The Hall–Kier alpha value is -2.41. The van der Waals surface area contributed by atoms with E-state index < -0.39 is 12.0 Å². The van der Waals surface area contributed by atoms with E-state index in [1.165, 1.54) is 12.4 Å². The number of carboxylic acid groups (broad SMARTS) is 1. The van der Waals surface area contributed by atoms with Gasteiger partial charge in [0.1, 0.15) is 6.04 Å². The summed E-state index contributed by atoms with van der Waals surface area (Å²) in [7, 11) is 1.55. The lowest BCUT2D eigenvalue weighted by molar-refractivity contribution is -0.124. The van der Waals surface area contributed by atoms with Crippen molar-refractivity contribution in [2.24, 2.45) is 0 Å². The summed E-state index contributed by atoms with van der Waals surface area (Å²) in [5, 5.41) is 12.0. The van der Waals surface area contributed by atoms with E-state index in [1.54, 1.807) is 30.7 Å². The first kappa shape index (κ1) is 15.0. The molecule has 7 heteroatoms. The summed E-state index contributed by atoms with van der Waals surface area (Å²) in [4.78, 5) is 27.5. The summed E-state index contributed by atoms with van der Waals surface area (Å²) in [5.41, 5.74) is 1.12.